The molecule has 13 heavy (non-hydrogen) atoms. The van der Waals surface area contributed by atoms with Crippen molar-refractivity contribution in [2.45, 2.75) is 13.0 Å². The molecule has 0 bridgehead atoms. The fourth-order valence-corrected chi connectivity index (χ4v) is 1.19. The van der Waals surface area contributed by atoms with Crippen LogP contribution >= 0.6 is 0 Å². The molecule has 2 aromatic heterocycles. The Morgan fingerprint density at radius 3 is 3.00 bits per heavy atom. The fourth-order valence-electron chi connectivity index (χ4n) is 1.19. The molecule has 0 fully saturated rings. The van der Waals surface area contributed by atoms with Gasteiger partial charge >= 0.3 is 0 Å². The van der Waals surface area contributed by atoms with Gasteiger partial charge < -0.3 is 11.5 Å². The lowest BCUT2D eigenvalue weighted by atomic mass is 10.2. The Morgan fingerprint density at radius 1 is 1.54 bits per heavy atom. The van der Waals surface area contributed by atoms with Gasteiger partial charge in [0, 0.05) is 18.2 Å². The largest absolute Gasteiger partial charge is 0.384 e. The summed E-state index contributed by atoms with van der Waals surface area (Å²) in [4.78, 5) is 4.29. The summed E-state index contributed by atoms with van der Waals surface area (Å²) in [6, 6.07) is 3.43. The monoisotopic (exact) mass is 177 g/mol. The Balaban J connectivity index is 2.70. The fraction of sp³-hybridized carbons (Fsp3) is 0.250. The first kappa shape index (κ1) is 8.00. The number of fused-ring (bicyclic) bond motifs is 1. The summed E-state index contributed by atoms with van der Waals surface area (Å²) in [5.74, 6) is 0.558. The Bertz CT molecular complexity index is 431. The number of nitrogens with two attached hydrogens (primary N) is 2. The highest BCUT2D eigenvalue weighted by Gasteiger charge is 2.06. The zero-order valence-electron chi connectivity index (χ0n) is 7.31. The van der Waals surface area contributed by atoms with Gasteiger partial charge in [-0.2, -0.15) is 9.61 Å². The average molecular weight is 177 g/mol. The van der Waals surface area contributed by atoms with Gasteiger partial charge in [-0.3, -0.25) is 0 Å². The lowest BCUT2D eigenvalue weighted by Gasteiger charge is -2.06. The Labute approximate surface area is 75.4 Å². The van der Waals surface area contributed by atoms with Crippen LogP contribution in [0.5, 0.6) is 0 Å². The van der Waals surface area contributed by atoms with Crippen LogP contribution in [-0.4, -0.2) is 14.6 Å². The molecule has 2 aromatic rings. The maximum atomic E-state index is 5.74. The third kappa shape index (κ3) is 1.23. The second kappa shape index (κ2) is 2.70. The van der Waals surface area contributed by atoms with E-state index in [0.29, 0.717) is 5.82 Å². The Hall–Kier alpha value is -1.62. The minimum Gasteiger partial charge on any atom is -0.384 e. The highest BCUT2D eigenvalue weighted by atomic mass is 15.3. The molecule has 0 aliphatic heterocycles. The summed E-state index contributed by atoms with van der Waals surface area (Å²) < 4.78 is 1.58. The Morgan fingerprint density at radius 2 is 2.31 bits per heavy atom. The normalized spacial score (nSPS) is 13.4. The Kier molecular flexibility index (Phi) is 1.66. The van der Waals surface area contributed by atoms with E-state index in [4.69, 9.17) is 11.5 Å². The number of rotatable bonds is 1. The molecular weight excluding hydrogens is 166 g/mol. The maximum Gasteiger partial charge on any atom is 0.157 e. The summed E-state index contributed by atoms with van der Waals surface area (Å²) in [5.41, 5.74) is 13.0. The van der Waals surface area contributed by atoms with E-state index in [1.807, 2.05) is 6.92 Å². The van der Waals surface area contributed by atoms with Crippen molar-refractivity contribution in [3.8, 4) is 0 Å². The van der Waals surface area contributed by atoms with Gasteiger partial charge in [-0.1, -0.05) is 0 Å². The molecule has 0 saturated carbocycles. The zero-order chi connectivity index (χ0) is 9.42. The highest BCUT2D eigenvalue weighted by molar-refractivity contribution is 5.46. The van der Waals surface area contributed by atoms with E-state index in [1.54, 1.807) is 22.8 Å². The molecule has 68 valence electrons. The molecule has 5 heteroatoms. The molecule has 2 rings (SSSR count). The van der Waals surface area contributed by atoms with E-state index in [1.165, 1.54) is 0 Å². The zero-order valence-corrected chi connectivity index (χ0v) is 7.31. The topological polar surface area (TPSA) is 82.2 Å². The molecule has 5 nitrogen and oxygen atoms in total. The molecule has 0 amide bonds. The van der Waals surface area contributed by atoms with E-state index >= 15 is 0 Å². The SMILES string of the molecule is CC(N)c1cc(N)n2nccc2n1. The second-order valence-corrected chi connectivity index (χ2v) is 3.00. The van der Waals surface area contributed by atoms with Gasteiger partial charge in [0.15, 0.2) is 5.65 Å². The minimum atomic E-state index is -0.109. The number of aromatic nitrogens is 3. The van der Waals surface area contributed by atoms with E-state index in [-0.39, 0.29) is 6.04 Å². The van der Waals surface area contributed by atoms with Crippen molar-refractivity contribution >= 4 is 11.5 Å². The molecule has 1 unspecified atom stereocenters. The van der Waals surface area contributed by atoms with Crippen LogP contribution in [0, 0.1) is 0 Å². The highest BCUT2D eigenvalue weighted by Crippen LogP contribution is 2.12. The lowest BCUT2D eigenvalue weighted by Crippen LogP contribution is -2.10. The number of anilines is 1. The van der Waals surface area contributed by atoms with Gasteiger partial charge in [0.25, 0.3) is 0 Å². The number of nitrogen functional groups attached to an aromatic ring is 1. The van der Waals surface area contributed by atoms with Crippen molar-refractivity contribution in [3.63, 3.8) is 0 Å². The number of hydrogen-bond donors (Lipinski definition) is 2. The average Bonchev–Trinajstić information content (AvgIpc) is 2.51. The molecular formula is C8H11N5. The lowest BCUT2D eigenvalue weighted by molar-refractivity contribution is 0.775. The molecule has 0 spiro atoms. The molecule has 0 saturated heterocycles. The minimum absolute atomic E-state index is 0.109. The molecule has 0 aliphatic carbocycles. The first-order valence-electron chi connectivity index (χ1n) is 4.04. The standard InChI is InChI=1S/C8H11N5/c1-5(9)6-4-7(10)13-8(12-6)2-3-11-13/h2-5H,9-10H2,1H3. The van der Waals surface area contributed by atoms with Crippen molar-refractivity contribution in [3.05, 3.63) is 24.0 Å². The van der Waals surface area contributed by atoms with Gasteiger partial charge in [0.2, 0.25) is 0 Å². The van der Waals surface area contributed by atoms with Crippen LogP contribution in [0.3, 0.4) is 0 Å². The predicted octanol–water partition coefficient (Wildman–Crippen LogP) is 0.331. The quantitative estimate of drug-likeness (QED) is 0.657. The van der Waals surface area contributed by atoms with Crippen molar-refractivity contribution in [2.24, 2.45) is 5.73 Å². The van der Waals surface area contributed by atoms with Gasteiger partial charge in [-0.05, 0) is 6.92 Å². The first-order valence-corrected chi connectivity index (χ1v) is 4.04. The van der Waals surface area contributed by atoms with Crippen LogP contribution in [0.4, 0.5) is 5.82 Å². The second-order valence-electron chi connectivity index (χ2n) is 3.00. The van der Waals surface area contributed by atoms with Crippen molar-refractivity contribution in [1.82, 2.24) is 14.6 Å². The molecule has 0 aliphatic rings. The van der Waals surface area contributed by atoms with Crippen molar-refractivity contribution in [1.29, 1.82) is 0 Å². The molecule has 0 aromatic carbocycles. The van der Waals surface area contributed by atoms with Gasteiger partial charge in [-0.15, -0.1) is 0 Å². The summed E-state index contributed by atoms with van der Waals surface area (Å²) in [6.07, 6.45) is 1.66. The number of nitrogens with zero attached hydrogens (tertiary/aromatic N) is 3. The molecule has 0 radical (unpaired) electrons. The maximum absolute atomic E-state index is 5.74. The summed E-state index contributed by atoms with van der Waals surface area (Å²) in [6.45, 7) is 1.87. The molecule has 4 N–H and O–H groups in total. The van der Waals surface area contributed by atoms with Gasteiger partial charge in [0.05, 0.1) is 11.9 Å². The van der Waals surface area contributed by atoms with E-state index in [2.05, 4.69) is 10.1 Å². The number of hydrogen-bond acceptors (Lipinski definition) is 4. The predicted molar refractivity (Wildman–Crippen MR) is 50.0 cm³/mol. The third-order valence-electron chi connectivity index (χ3n) is 1.87. The summed E-state index contributed by atoms with van der Waals surface area (Å²) in [7, 11) is 0. The van der Waals surface area contributed by atoms with Gasteiger partial charge in [-0.25, -0.2) is 4.98 Å². The third-order valence-corrected chi connectivity index (χ3v) is 1.87. The van der Waals surface area contributed by atoms with Crippen LogP contribution in [0.25, 0.3) is 5.65 Å². The van der Waals surface area contributed by atoms with Crippen LogP contribution in [0.2, 0.25) is 0 Å². The van der Waals surface area contributed by atoms with Crippen LogP contribution < -0.4 is 11.5 Å². The van der Waals surface area contributed by atoms with Gasteiger partial charge in [0.1, 0.15) is 5.82 Å². The van der Waals surface area contributed by atoms with E-state index in [9.17, 15) is 0 Å². The van der Waals surface area contributed by atoms with Crippen LogP contribution in [0.1, 0.15) is 18.7 Å². The van der Waals surface area contributed by atoms with Crippen LogP contribution in [-0.2, 0) is 0 Å². The summed E-state index contributed by atoms with van der Waals surface area (Å²) >= 11 is 0. The molecule has 2 heterocycles. The summed E-state index contributed by atoms with van der Waals surface area (Å²) in [5, 5.41) is 4.01. The van der Waals surface area contributed by atoms with E-state index in [0.717, 1.165) is 11.3 Å². The first-order chi connectivity index (χ1) is 6.18. The van der Waals surface area contributed by atoms with E-state index < -0.39 is 0 Å². The smallest absolute Gasteiger partial charge is 0.157 e. The molecule has 1 atom stereocenters. The van der Waals surface area contributed by atoms with Crippen molar-refractivity contribution in [2.75, 3.05) is 5.73 Å². The van der Waals surface area contributed by atoms with Crippen molar-refractivity contribution < 1.29 is 0 Å². The van der Waals surface area contributed by atoms with Crippen LogP contribution in [0.15, 0.2) is 18.3 Å².